The minimum absolute atomic E-state index is 0.0767. The van der Waals surface area contributed by atoms with Crippen molar-refractivity contribution in [3.63, 3.8) is 0 Å². The van der Waals surface area contributed by atoms with Crippen molar-refractivity contribution in [3.8, 4) is 0 Å². The fourth-order valence-corrected chi connectivity index (χ4v) is 2.40. The van der Waals surface area contributed by atoms with Gasteiger partial charge in [0.15, 0.2) is 0 Å². The lowest BCUT2D eigenvalue weighted by atomic mass is 10.0. The van der Waals surface area contributed by atoms with Crippen LogP contribution in [0.25, 0.3) is 11.6 Å². The molecule has 9 heteroatoms. The number of hydrogen-bond acceptors (Lipinski definition) is 5. The molecule has 0 bridgehead atoms. The third kappa shape index (κ3) is 7.18. The van der Waals surface area contributed by atoms with Crippen LogP contribution in [0.4, 0.5) is 0 Å². The number of nitrogens with two attached hydrogens (primary N) is 2. The van der Waals surface area contributed by atoms with Gasteiger partial charge in [0.2, 0.25) is 0 Å². The average molecular weight is 347 g/mol. The number of thiophene rings is 1. The number of allylic oxidation sites excluding steroid dienone is 1. The number of guanidine groups is 1. The minimum Gasteiger partial charge on any atom is -0.356 e. The standard InChI is InChI=1S/C15H16N4S.NO3/c1-11(18-19-15(16)17)14(10-13-8-5-9-20-13)12-6-3-2-4-7-12;2-1(3)4/h2-10H,1H3,(H4,16,17,19);/q;-1/p+1/b14-10+,18-11+;. The SMILES string of the molecule is CC(=N\[NH+]=C(N)N)/C(=C\c1cccs1)c1ccccc1.O=[N+]([O-])[O-]. The van der Waals surface area contributed by atoms with Crippen molar-refractivity contribution in [1.29, 1.82) is 0 Å². The van der Waals surface area contributed by atoms with E-state index >= 15 is 0 Å². The first kappa shape index (κ1) is 18.8. The molecule has 0 amide bonds. The summed E-state index contributed by atoms with van der Waals surface area (Å²) in [7, 11) is 0. The first-order chi connectivity index (χ1) is 11.4. The van der Waals surface area contributed by atoms with Crippen molar-refractivity contribution in [2.45, 2.75) is 6.92 Å². The highest BCUT2D eigenvalue weighted by atomic mass is 32.1. The molecule has 5 N–H and O–H groups in total. The van der Waals surface area contributed by atoms with Crippen LogP contribution in [0.3, 0.4) is 0 Å². The fourth-order valence-electron chi connectivity index (χ4n) is 1.74. The molecule has 1 aromatic carbocycles. The van der Waals surface area contributed by atoms with E-state index in [1.807, 2.05) is 48.7 Å². The van der Waals surface area contributed by atoms with E-state index in [1.165, 1.54) is 4.88 Å². The number of hydrazone groups is 1. The topological polar surface area (TPSA) is 145 Å². The predicted octanol–water partition coefficient (Wildman–Crippen LogP) is 0.780. The maximum atomic E-state index is 8.25. The van der Waals surface area contributed by atoms with Gasteiger partial charge in [-0.25, -0.2) is 0 Å². The van der Waals surface area contributed by atoms with Crippen molar-refractivity contribution < 1.29 is 10.2 Å². The lowest BCUT2D eigenvalue weighted by molar-refractivity contribution is -0.464. The van der Waals surface area contributed by atoms with Gasteiger partial charge in [-0.15, -0.1) is 16.4 Å². The molecular weight excluding hydrogens is 330 g/mol. The van der Waals surface area contributed by atoms with E-state index in [-0.39, 0.29) is 5.96 Å². The minimum atomic E-state index is -1.75. The van der Waals surface area contributed by atoms with Gasteiger partial charge in [0, 0.05) is 10.5 Å². The molecule has 1 aromatic heterocycles. The Balaban J connectivity index is 0.000000648. The average Bonchev–Trinajstić information content (AvgIpc) is 3.04. The van der Waals surface area contributed by atoms with Crippen LogP contribution in [-0.4, -0.2) is 16.8 Å². The van der Waals surface area contributed by atoms with Crippen molar-refractivity contribution in [2.24, 2.45) is 16.6 Å². The third-order valence-electron chi connectivity index (χ3n) is 2.66. The number of nitrogens with one attached hydrogen (secondary N) is 1. The van der Waals surface area contributed by atoms with Gasteiger partial charge in [0.05, 0.1) is 10.8 Å². The summed E-state index contributed by atoms with van der Waals surface area (Å²) >= 11 is 1.68. The van der Waals surface area contributed by atoms with E-state index < -0.39 is 5.09 Å². The summed E-state index contributed by atoms with van der Waals surface area (Å²) in [6.07, 6.45) is 2.10. The molecule has 24 heavy (non-hydrogen) atoms. The van der Waals surface area contributed by atoms with Crippen LogP contribution in [0.2, 0.25) is 0 Å². The molecule has 2 rings (SSSR count). The Hall–Kier alpha value is -3.20. The fraction of sp³-hybridized carbons (Fsp3) is 0.0667. The zero-order chi connectivity index (χ0) is 17.9. The van der Waals surface area contributed by atoms with Crippen LogP contribution in [0.5, 0.6) is 0 Å². The number of benzene rings is 1. The lowest BCUT2D eigenvalue weighted by Gasteiger charge is -2.05. The zero-order valence-corrected chi connectivity index (χ0v) is 13.7. The van der Waals surface area contributed by atoms with Gasteiger partial charge in [0.25, 0.3) is 0 Å². The van der Waals surface area contributed by atoms with Gasteiger partial charge in [-0.05, 0) is 30.0 Å². The van der Waals surface area contributed by atoms with E-state index in [9.17, 15) is 0 Å². The molecule has 0 spiro atoms. The predicted molar refractivity (Wildman–Crippen MR) is 96.4 cm³/mol. The molecular formula is C15H17N5O3S. The maximum absolute atomic E-state index is 8.25. The Morgan fingerprint density at radius 3 is 2.33 bits per heavy atom. The molecule has 0 radical (unpaired) electrons. The van der Waals surface area contributed by atoms with Crippen LogP contribution in [-0.2, 0) is 0 Å². The second-order valence-electron chi connectivity index (χ2n) is 4.43. The van der Waals surface area contributed by atoms with Crippen molar-refractivity contribution in [3.05, 3.63) is 73.6 Å². The van der Waals surface area contributed by atoms with Gasteiger partial charge in [-0.1, -0.05) is 36.4 Å². The normalized spacial score (nSPS) is 11.2. The number of hydrogen-bond donors (Lipinski definition) is 3. The lowest BCUT2D eigenvalue weighted by Crippen LogP contribution is -2.72. The van der Waals surface area contributed by atoms with E-state index in [4.69, 9.17) is 26.8 Å². The first-order valence-electron chi connectivity index (χ1n) is 6.71. The summed E-state index contributed by atoms with van der Waals surface area (Å²) in [4.78, 5) is 9.42. The molecule has 8 nitrogen and oxygen atoms in total. The highest BCUT2D eigenvalue weighted by Gasteiger charge is 2.06. The summed E-state index contributed by atoms with van der Waals surface area (Å²) in [5.74, 6) is 0.0767. The van der Waals surface area contributed by atoms with Gasteiger partial charge in [-0.2, -0.15) is 5.10 Å². The van der Waals surface area contributed by atoms with E-state index in [1.54, 1.807) is 11.3 Å². The van der Waals surface area contributed by atoms with Gasteiger partial charge in [0.1, 0.15) is 0 Å². The van der Waals surface area contributed by atoms with E-state index in [2.05, 4.69) is 22.3 Å². The molecule has 0 unspecified atom stereocenters. The monoisotopic (exact) mass is 347 g/mol. The van der Waals surface area contributed by atoms with Gasteiger partial charge in [-0.3, -0.25) is 11.5 Å². The zero-order valence-electron chi connectivity index (χ0n) is 12.9. The van der Waals surface area contributed by atoms with E-state index in [0.29, 0.717) is 0 Å². The number of nitrogens with zero attached hydrogens (tertiary/aromatic N) is 2. The molecule has 126 valence electrons. The van der Waals surface area contributed by atoms with Crippen molar-refractivity contribution >= 4 is 34.7 Å². The van der Waals surface area contributed by atoms with Crippen molar-refractivity contribution in [1.82, 2.24) is 0 Å². The Bertz CT molecular complexity index is 732. The third-order valence-corrected chi connectivity index (χ3v) is 3.48. The Kier molecular flexibility index (Phi) is 7.65. The Morgan fingerprint density at radius 2 is 1.83 bits per heavy atom. The summed E-state index contributed by atoms with van der Waals surface area (Å²) in [6, 6.07) is 14.2. The second kappa shape index (κ2) is 9.74. The summed E-state index contributed by atoms with van der Waals surface area (Å²) in [5.41, 5.74) is 13.7. The quantitative estimate of drug-likeness (QED) is 0.324. The molecule has 0 aliphatic heterocycles. The summed E-state index contributed by atoms with van der Waals surface area (Å²) < 4.78 is 0. The van der Waals surface area contributed by atoms with Crippen LogP contribution in [0, 0.1) is 15.3 Å². The molecule has 0 saturated heterocycles. The summed E-state index contributed by atoms with van der Waals surface area (Å²) in [5, 5.41) is 23.6. The smallest absolute Gasteiger partial charge is 0.356 e. The van der Waals surface area contributed by atoms with Crippen molar-refractivity contribution in [2.75, 3.05) is 0 Å². The maximum Gasteiger partial charge on any atom is 0.362 e. The highest BCUT2D eigenvalue weighted by Crippen LogP contribution is 2.21. The summed E-state index contributed by atoms with van der Waals surface area (Å²) in [6.45, 7) is 1.92. The highest BCUT2D eigenvalue weighted by molar-refractivity contribution is 7.11. The van der Waals surface area contributed by atoms with Crippen LogP contribution in [0.15, 0.2) is 52.9 Å². The molecule has 0 atom stereocenters. The Morgan fingerprint density at radius 1 is 1.21 bits per heavy atom. The second-order valence-corrected chi connectivity index (χ2v) is 5.41. The molecule has 0 saturated carbocycles. The molecule has 0 aliphatic carbocycles. The number of rotatable bonds is 4. The van der Waals surface area contributed by atoms with Gasteiger partial charge >= 0.3 is 5.96 Å². The molecule has 2 aromatic rings. The van der Waals surface area contributed by atoms with Crippen LogP contribution >= 0.6 is 11.3 Å². The first-order valence-corrected chi connectivity index (χ1v) is 7.59. The van der Waals surface area contributed by atoms with E-state index in [0.717, 1.165) is 16.8 Å². The molecule has 0 aliphatic rings. The van der Waals surface area contributed by atoms with Gasteiger partial charge < -0.3 is 15.3 Å². The molecule has 0 fully saturated rings. The van der Waals surface area contributed by atoms with Crippen LogP contribution < -0.4 is 16.6 Å². The largest absolute Gasteiger partial charge is 0.362 e. The van der Waals surface area contributed by atoms with Crippen LogP contribution in [0.1, 0.15) is 17.4 Å². The Labute approximate surface area is 142 Å². The molecule has 1 heterocycles.